The molecule has 0 spiro atoms. The lowest BCUT2D eigenvalue weighted by Crippen LogP contribution is -2.30. The summed E-state index contributed by atoms with van der Waals surface area (Å²) in [4.78, 5) is 127. The van der Waals surface area contributed by atoms with Gasteiger partial charge in [-0.3, -0.25) is 38.4 Å². The van der Waals surface area contributed by atoms with E-state index < -0.39 is 83.4 Å². The predicted octanol–water partition coefficient (Wildman–Crippen LogP) is 7.73. The molecule has 3 aliphatic rings. The second kappa shape index (κ2) is 33.0. The molecule has 6 rings (SSSR count). The fourth-order valence-electron chi connectivity index (χ4n) is 8.74. The minimum Gasteiger partial charge on any atom is -0.465 e. The van der Waals surface area contributed by atoms with Crippen LogP contribution in [0.15, 0.2) is 102 Å². The summed E-state index contributed by atoms with van der Waals surface area (Å²) in [5.41, 5.74) is 1.57. The fourth-order valence-corrected chi connectivity index (χ4v) is 9.75. The van der Waals surface area contributed by atoms with Crippen molar-refractivity contribution < 1.29 is 95.3 Å². The van der Waals surface area contributed by atoms with Gasteiger partial charge in [-0.25, -0.2) is 19.7 Å². The van der Waals surface area contributed by atoms with Gasteiger partial charge in [0.25, 0.3) is 5.70 Å². The summed E-state index contributed by atoms with van der Waals surface area (Å²) in [7, 11) is 0. The average molecular weight is 1180 g/mol. The van der Waals surface area contributed by atoms with E-state index in [2.05, 4.69) is 23.3 Å². The number of anilines is 1. The molecule has 2 aliphatic carbocycles. The van der Waals surface area contributed by atoms with E-state index in [0.29, 0.717) is 80.6 Å². The molecule has 0 bridgehead atoms. The molecule has 2 fully saturated rings. The SMILES string of the molecule is [C-]#[N+]/C(C#N)=C1/Nc2c(OC(=O)C3CCC(C(=O)Oc4ccc(CCOC(=O)CCC(=O)OCCOC(=O)C=C)cc4)CC3)ccc(OC(=O)C3CCC(C(=O)Oc4ccc(CCOC(=O)CCC(=O)OCCOC(=O)C=C)cc4)CC3)c2S1. The number of carbonyl (C=O) groups is 10. The van der Waals surface area contributed by atoms with Crippen LogP contribution in [-0.2, 0) is 89.2 Å². The minimum atomic E-state index is -0.645. The molecule has 0 aromatic heterocycles. The van der Waals surface area contributed by atoms with Crippen LogP contribution >= 0.6 is 11.8 Å². The second-order valence-electron chi connectivity index (χ2n) is 19.1. The summed E-state index contributed by atoms with van der Waals surface area (Å²) in [5.74, 6) is -7.02. The number of nitrogens with zero attached hydrogens (tertiary/aromatic N) is 2. The van der Waals surface area contributed by atoms with E-state index in [1.165, 1.54) is 12.1 Å². The van der Waals surface area contributed by atoms with E-state index in [4.69, 9.17) is 53.9 Å². The zero-order valence-corrected chi connectivity index (χ0v) is 46.6. The van der Waals surface area contributed by atoms with Gasteiger partial charge in [0.1, 0.15) is 43.7 Å². The van der Waals surface area contributed by atoms with E-state index in [-0.39, 0.29) is 93.2 Å². The number of hydrogen-bond acceptors (Lipinski definition) is 23. The zero-order valence-electron chi connectivity index (χ0n) is 45.8. The van der Waals surface area contributed by atoms with Crippen molar-refractivity contribution in [2.75, 3.05) is 45.0 Å². The standard InChI is InChI=1S/C60H61N3O20S/c1-4-48(64)76-32-34-78-52(68)26-24-50(66)74-30-28-37-6-18-43(19-7-37)80-57(70)39-10-14-41(15-11-39)59(72)82-46-22-23-47(55-54(46)63-56(84-55)45(36-61)62-3)83-60(73)42-16-12-40(13-17-42)58(71)81-44-20-8-38(9-21-44)29-31-75-51(67)25-27-53(69)79-35-33-77-49(65)5-2/h4-9,18-23,39-42,63H,1-2,10-17,24-35H2/b56-45-. The van der Waals surface area contributed by atoms with Crippen molar-refractivity contribution in [3.63, 3.8) is 0 Å². The van der Waals surface area contributed by atoms with Gasteiger partial charge in [-0.1, -0.05) is 49.2 Å². The Balaban J connectivity index is 0.900. The number of allylic oxidation sites excluding steroid dienone is 1. The number of hydrogen-bond donors (Lipinski definition) is 1. The van der Waals surface area contributed by atoms with Crippen LogP contribution in [0.3, 0.4) is 0 Å². The van der Waals surface area contributed by atoms with Crippen LogP contribution in [0.5, 0.6) is 23.0 Å². The molecule has 1 heterocycles. The smallest absolute Gasteiger partial charge is 0.330 e. The molecule has 442 valence electrons. The third kappa shape index (κ3) is 20.3. The molecule has 3 aromatic carbocycles. The van der Waals surface area contributed by atoms with Gasteiger partial charge < -0.3 is 52.7 Å². The third-order valence-electron chi connectivity index (χ3n) is 13.3. The molecule has 2 saturated carbocycles. The fraction of sp³-hybridized carbons (Fsp3) is 0.400. The number of thioether (sulfide) groups is 1. The Morgan fingerprint density at radius 2 is 0.857 bits per heavy atom. The van der Waals surface area contributed by atoms with E-state index in [9.17, 15) is 53.2 Å². The van der Waals surface area contributed by atoms with Crippen molar-refractivity contribution >= 4 is 77.1 Å². The van der Waals surface area contributed by atoms with Gasteiger partial charge in [0.05, 0.1) is 90.8 Å². The lowest BCUT2D eigenvalue weighted by molar-refractivity contribution is -0.152. The van der Waals surface area contributed by atoms with Gasteiger partial charge in [0.15, 0.2) is 5.75 Å². The molecule has 0 radical (unpaired) electrons. The molecular formula is C60H61N3O20S. The van der Waals surface area contributed by atoms with Crippen molar-refractivity contribution in [2.45, 2.75) is 94.8 Å². The van der Waals surface area contributed by atoms with E-state index >= 15 is 0 Å². The molecular weight excluding hydrogens is 1110 g/mol. The first-order chi connectivity index (χ1) is 40.5. The summed E-state index contributed by atoms with van der Waals surface area (Å²) >= 11 is 0.981. The predicted molar refractivity (Wildman–Crippen MR) is 294 cm³/mol. The quantitative estimate of drug-likeness (QED) is 0.0138. The number of benzene rings is 3. The Morgan fingerprint density at radius 1 is 0.512 bits per heavy atom. The molecule has 84 heavy (non-hydrogen) atoms. The highest BCUT2D eigenvalue weighted by atomic mass is 32.2. The molecule has 1 N–H and O–H groups in total. The molecule has 23 nitrogen and oxygen atoms in total. The monoisotopic (exact) mass is 1180 g/mol. The van der Waals surface area contributed by atoms with E-state index in [1.54, 1.807) is 48.5 Å². The molecule has 0 atom stereocenters. The topological polar surface area (TPSA) is 303 Å². The van der Waals surface area contributed by atoms with Crippen LogP contribution in [0.1, 0.15) is 88.2 Å². The van der Waals surface area contributed by atoms with Crippen molar-refractivity contribution in [1.82, 2.24) is 0 Å². The van der Waals surface area contributed by atoms with Crippen molar-refractivity contribution in [2.24, 2.45) is 23.7 Å². The Kier molecular flexibility index (Phi) is 25.1. The highest BCUT2D eigenvalue weighted by molar-refractivity contribution is 8.03. The summed E-state index contributed by atoms with van der Waals surface area (Å²) < 4.78 is 52.7. The molecule has 24 heteroatoms. The zero-order chi connectivity index (χ0) is 60.4. The Morgan fingerprint density at radius 3 is 1.23 bits per heavy atom. The van der Waals surface area contributed by atoms with E-state index in [1.807, 2.05) is 6.07 Å². The second-order valence-corrected chi connectivity index (χ2v) is 20.1. The summed E-state index contributed by atoms with van der Waals surface area (Å²) in [6.45, 7) is 13.6. The summed E-state index contributed by atoms with van der Waals surface area (Å²) in [6, 6.07) is 18.2. The van der Waals surface area contributed by atoms with Crippen LogP contribution < -0.4 is 24.3 Å². The Hall–Kier alpha value is -9.29. The summed E-state index contributed by atoms with van der Waals surface area (Å²) in [6.07, 6.45) is 4.65. The van der Waals surface area contributed by atoms with Gasteiger partial charge >= 0.3 is 59.7 Å². The Bertz CT molecular complexity index is 2850. The maximum Gasteiger partial charge on any atom is 0.330 e. The lowest BCUT2D eigenvalue weighted by atomic mass is 9.82. The van der Waals surface area contributed by atoms with E-state index in [0.717, 1.165) is 35.0 Å². The number of esters is 10. The maximum absolute atomic E-state index is 13.6. The molecule has 0 unspecified atom stereocenters. The largest absolute Gasteiger partial charge is 0.465 e. The molecule has 0 amide bonds. The first-order valence-corrected chi connectivity index (χ1v) is 27.8. The number of fused-ring (bicyclic) bond motifs is 1. The normalized spacial score (nSPS) is 17.3. The van der Waals surface area contributed by atoms with Crippen LogP contribution in [0.25, 0.3) is 4.85 Å². The van der Waals surface area contributed by atoms with Crippen molar-refractivity contribution in [3.05, 3.63) is 119 Å². The number of ether oxygens (including phenoxy) is 10. The minimum absolute atomic E-state index is 0.0500. The number of nitriles is 1. The number of nitrogens with one attached hydrogen (secondary N) is 1. The molecule has 1 aliphatic heterocycles. The Labute approximate surface area is 487 Å². The first kappa shape index (κ1) is 63.9. The van der Waals surface area contributed by atoms with Crippen LogP contribution in [0.2, 0.25) is 0 Å². The molecule has 3 aromatic rings. The highest BCUT2D eigenvalue weighted by Gasteiger charge is 2.36. The highest BCUT2D eigenvalue weighted by Crippen LogP contribution is 2.52. The van der Waals surface area contributed by atoms with Gasteiger partial charge in [0.2, 0.25) is 0 Å². The van der Waals surface area contributed by atoms with Gasteiger partial charge in [-0.05, 0) is 98.9 Å². The molecule has 0 saturated heterocycles. The van der Waals surface area contributed by atoms with Crippen LogP contribution in [0, 0.1) is 41.6 Å². The number of rotatable bonds is 28. The van der Waals surface area contributed by atoms with Crippen molar-refractivity contribution in [1.29, 1.82) is 5.26 Å². The number of carbonyl (C=O) groups excluding carboxylic acids is 10. The van der Waals surface area contributed by atoms with Gasteiger partial charge in [0, 0.05) is 25.0 Å². The average Bonchev–Trinajstić information content (AvgIpc) is 2.81. The lowest BCUT2D eigenvalue weighted by Gasteiger charge is -2.26. The van der Waals surface area contributed by atoms with Gasteiger partial charge in [-0.2, -0.15) is 0 Å². The van der Waals surface area contributed by atoms with Crippen molar-refractivity contribution in [3.8, 4) is 29.1 Å². The summed E-state index contributed by atoms with van der Waals surface area (Å²) in [5, 5.41) is 12.8. The third-order valence-corrected chi connectivity index (χ3v) is 14.4. The first-order valence-electron chi connectivity index (χ1n) is 26.9. The van der Waals surface area contributed by atoms with Crippen LogP contribution in [-0.4, -0.2) is 99.3 Å². The van der Waals surface area contributed by atoms with Crippen LogP contribution in [0.4, 0.5) is 5.69 Å². The maximum atomic E-state index is 13.6. The van der Waals surface area contributed by atoms with Gasteiger partial charge in [-0.15, -0.1) is 0 Å².